The first kappa shape index (κ1) is 13.6. The molecule has 0 fully saturated rings. The third kappa shape index (κ3) is 3.48. The monoisotopic (exact) mass is 235 g/mol. The average molecular weight is 235 g/mol. The molecule has 0 aliphatic rings. The van der Waals surface area contributed by atoms with Crippen molar-refractivity contribution in [2.75, 3.05) is 18.6 Å². The number of hydrogen-bond acceptors (Lipinski definition) is 3. The molecule has 1 aromatic carbocycles. The molecule has 0 saturated carbocycles. The van der Waals surface area contributed by atoms with Gasteiger partial charge in [0.2, 0.25) is 0 Å². The van der Waals surface area contributed by atoms with Crippen molar-refractivity contribution in [3.8, 4) is 0 Å². The summed E-state index contributed by atoms with van der Waals surface area (Å²) < 4.78 is 5.08. The van der Waals surface area contributed by atoms with Crippen molar-refractivity contribution < 1.29 is 9.53 Å². The Kier molecular flexibility index (Phi) is 5.01. The quantitative estimate of drug-likeness (QED) is 0.735. The van der Waals surface area contributed by atoms with Crippen LogP contribution in [-0.4, -0.2) is 25.7 Å². The number of carbonyl (C=O) groups is 1. The zero-order chi connectivity index (χ0) is 12.8. The van der Waals surface area contributed by atoms with Crippen molar-refractivity contribution in [3.05, 3.63) is 29.8 Å². The molecule has 1 unspecified atom stereocenters. The van der Waals surface area contributed by atoms with Crippen LogP contribution in [0.2, 0.25) is 0 Å². The molecule has 3 heteroatoms. The van der Waals surface area contributed by atoms with Crippen molar-refractivity contribution in [3.63, 3.8) is 0 Å². The molecule has 0 aromatic heterocycles. The number of nitrogens with zero attached hydrogens (tertiary/aromatic N) is 1. The second kappa shape index (κ2) is 6.28. The smallest absolute Gasteiger partial charge is 0.328 e. The number of carbonyl (C=O) groups excluding carboxylic acids is 1. The van der Waals surface area contributed by atoms with Crippen LogP contribution in [0.25, 0.3) is 0 Å². The maximum atomic E-state index is 11.8. The van der Waals surface area contributed by atoms with Crippen LogP contribution in [0.1, 0.15) is 25.8 Å². The van der Waals surface area contributed by atoms with Crippen LogP contribution in [-0.2, 0) is 9.53 Å². The predicted octanol–water partition coefficient (Wildman–Crippen LogP) is 2.77. The number of benzene rings is 1. The summed E-state index contributed by atoms with van der Waals surface area (Å²) in [4.78, 5) is 13.8. The van der Waals surface area contributed by atoms with Gasteiger partial charge in [0.15, 0.2) is 0 Å². The number of ether oxygens (including phenoxy) is 1. The van der Waals surface area contributed by atoms with Crippen molar-refractivity contribution in [2.45, 2.75) is 33.2 Å². The van der Waals surface area contributed by atoms with Crippen LogP contribution in [0, 0.1) is 6.92 Å². The molecule has 1 atom stereocenters. The van der Waals surface area contributed by atoms with Gasteiger partial charge in [0.25, 0.3) is 0 Å². The molecular formula is C14H21NO2. The summed E-state index contributed by atoms with van der Waals surface area (Å²) in [6, 6.07) is 7.93. The largest absolute Gasteiger partial charge is 0.464 e. The first-order chi connectivity index (χ1) is 8.10. The standard InChI is InChI=1S/C14H21NO2/c1-5-13(14(16)17-6-2)15(4)12-9-7-11(3)8-10-12/h7-10,13H,5-6H2,1-4H3. The number of likely N-dealkylation sites (N-methyl/N-ethyl adjacent to an activating group) is 1. The SMILES string of the molecule is CCOC(=O)C(CC)N(C)c1ccc(C)cc1. The molecule has 1 aromatic rings. The zero-order valence-corrected chi connectivity index (χ0v) is 11.1. The summed E-state index contributed by atoms with van der Waals surface area (Å²) in [6.45, 7) is 6.30. The molecule has 17 heavy (non-hydrogen) atoms. The summed E-state index contributed by atoms with van der Waals surface area (Å²) in [5.41, 5.74) is 2.25. The molecule has 0 amide bonds. The van der Waals surface area contributed by atoms with Gasteiger partial charge in [-0.3, -0.25) is 0 Å². The summed E-state index contributed by atoms with van der Waals surface area (Å²) in [5.74, 6) is -0.155. The lowest BCUT2D eigenvalue weighted by Crippen LogP contribution is -2.39. The lowest BCUT2D eigenvalue weighted by Gasteiger charge is -2.27. The van der Waals surface area contributed by atoms with Crippen LogP contribution < -0.4 is 4.90 Å². The molecule has 0 N–H and O–H groups in total. The molecule has 0 heterocycles. The average Bonchev–Trinajstić information content (AvgIpc) is 2.31. The van der Waals surface area contributed by atoms with Gasteiger partial charge in [-0.1, -0.05) is 24.6 Å². The van der Waals surface area contributed by atoms with E-state index in [1.54, 1.807) is 0 Å². The molecule has 0 aliphatic heterocycles. The van der Waals surface area contributed by atoms with Gasteiger partial charge >= 0.3 is 5.97 Å². The molecule has 0 radical (unpaired) electrons. The van der Waals surface area contributed by atoms with E-state index in [1.807, 2.05) is 57.0 Å². The third-order valence-electron chi connectivity index (χ3n) is 2.85. The Balaban J connectivity index is 2.81. The second-order valence-electron chi connectivity index (χ2n) is 4.12. The zero-order valence-electron chi connectivity index (χ0n) is 11.1. The molecular weight excluding hydrogens is 214 g/mol. The predicted molar refractivity (Wildman–Crippen MR) is 70.3 cm³/mol. The van der Waals surface area contributed by atoms with E-state index in [4.69, 9.17) is 4.74 Å². The minimum Gasteiger partial charge on any atom is -0.464 e. The molecule has 0 spiro atoms. The van der Waals surface area contributed by atoms with Gasteiger partial charge in [-0.15, -0.1) is 0 Å². The molecule has 0 aliphatic carbocycles. The Labute approximate surface area is 103 Å². The van der Waals surface area contributed by atoms with Crippen LogP contribution in [0.15, 0.2) is 24.3 Å². The van der Waals surface area contributed by atoms with E-state index in [-0.39, 0.29) is 12.0 Å². The third-order valence-corrected chi connectivity index (χ3v) is 2.85. The van der Waals surface area contributed by atoms with Crippen molar-refractivity contribution >= 4 is 11.7 Å². The van der Waals surface area contributed by atoms with Crippen LogP contribution in [0.5, 0.6) is 0 Å². The molecule has 94 valence electrons. The maximum absolute atomic E-state index is 11.8. The second-order valence-corrected chi connectivity index (χ2v) is 4.12. The van der Waals surface area contributed by atoms with E-state index in [1.165, 1.54) is 5.56 Å². The van der Waals surface area contributed by atoms with Gasteiger partial charge in [-0.05, 0) is 32.4 Å². The van der Waals surface area contributed by atoms with E-state index < -0.39 is 0 Å². The minimum atomic E-state index is -0.211. The van der Waals surface area contributed by atoms with E-state index in [0.29, 0.717) is 6.61 Å². The van der Waals surface area contributed by atoms with Crippen LogP contribution in [0.4, 0.5) is 5.69 Å². The lowest BCUT2D eigenvalue weighted by atomic mass is 10.1. The van der Waals surface area contributed by atoms with E-state index in [0.717, 1.165) is 12.1 Å². The first-order valence-electron chi connectivity index (χ1n) is 6.06. The van der Waals surface area contributed by atoms with E-state index in [9.17, 15) is 4.79 Å². The fraction of sp³-hybridized carbons (Fsp3) is 0.500. The normalized spacial score (nSPS) is 12.0. The van der Waals surface area contributed by atoms with Gasteiger partial charge in [-0.25, -0.2) is 4.79 Å². The lowest BCUT2D eigenvalue weighted by molar-refractivity contribution is -0.144. The molecule has 1 rings (SSSR count). The Morgan fingerprint density at radius 2 is 1.88 bits per heavy atom. The molecule has 0 saturated heterocycles. The number of esters is 1. The Morgan fingerprint density at radius 1 is 1.29 bits per heavy atom. The van der Waals surface area contributed by atoms with Crippen molar-refractivity contribution in [1.29, 1.82) is 0 Å². The fourth-order valence-corrected chi connectivity index (χ4v) is 1.80. The maximum Gasteiger partial charge on any atom is 0.328 e. The number of anilines is 1. The Bertz CT molecular complexity index is 359. The Morgan fingerprint density at radius 3 is 2.35 bits per heavy atom. The van der Waals surface area contributed by atoms with Gasteiger partial charge < -0.3 is 9.64 Å². The van der Waals surface area contributed by atoms with Gasteiger partial charge in [0, 0.05) is 12.7 Å². The van der Waals surface area contributed by atoms with E-state index in [2.05, 4.69) is 0 Å². The van der Waals surface area contributed by atoms with Crippen molar-refractivity contribution in [2.24, 2.45) is 0 Å². The number of aryl methyl sites for hydroxylation is 1. The van der Waals surface area contributed by atoms with Crippen LogP contribution in [0.3, 0.4) is 0 Å². The number of hydrogen-bond donors (Lipinski definition) is 0. The number of rotatable bonds is 5. The van der Waals surface area contributed by atoms with Gasteiger partial charge in [0.05, 0.1) is 6.61 Å². The molecule has 0 bridgehead atoms. The topological polar surface area (TPSA) is 29.5 Å². The Hall–Kier alpha value is -1.51. The van der Waals surface area contributed by atoms with Crippen LogP contribution >= 0.6 is 0 Å². The van der Waals surface area contributed by atoms with Crippen molar-refractivity contribution in [1.82, 2.24) is 0 Å². The van der Waals surface area contributed by atoms with Gasteiger partial charge in [-0.2, -0.15) is 0 Å². The first-order valence-corrected chi connectivity index (χ1v) is 6.06. The summed E-state index contributed by atoms with van der Waals surface area (Å²) in [5, 5.41) is 0. The van der Waals surface area contributed by atoms with Gasteiger partial charge in [0.1, 0.15) is 6.04 Å². The minimum absolute atomic E-state index is 0.155. The van der Waals surface area contributed by atoms with E-state index >= 15 is 0 Å². The highest BCUT2D eigenvalue weighted by atomic mass is 16.5. The highest BCUT2D eigenvalue weighted by molar-refractivity contribution is 5.79. The summed E-state index contributed by atoms with van der Waals surface area (Å²) in [6.07, 6.45) is 0.739. The summed E-state index contributed by atoms with van der Waals surface area (Å²) in [7, 11) is 1.93. The summed E-state index contributed by atoms with van der Waals surface area (Å²) >= 11 is 0. The highest BCUT2D eigenvalue weighted by Gasteiger charge is 2.22. The molecule has 3 nitrogen and oxygen atoms in total. The highest BCUT2D eigenvalue weighted by Crippen LogP contribution is 2.18. The fourth-order valence-electron chi connectivity index (χ4n) is 1.80.